The number of hydrogen-bond acceptors (Lipinski definition) is 2. The fourth-order valence-electron chi connectivity index (χ4n) is 1.92. The average Bonchev–Trinajstić information content (AvgIpc) is 2.63. The molecule has 2 N–H and O–H groups in total. The molecule has 0 bridgehead atoms. The van der Waals surface area contributed by atoms with Crippen LogP contribution in [-0.4, -0.2) is 9.55 Å². The van der Waals surface area contributed by atoms with Gasteiger partial charge in [-0.3, -0.25) is 0 Å². The highest BCUT2D eigenvalue weighted by Crippen LogP contribution is 2.30. The molecule has 0 saturated heterocycles. The van der Waals surface area contributed by atoms with Crippen molar-refractivity contribution >= 4 is 5.82 Å². The van der Waals surface area contributed by atoms with Gasteiger partial charge in [-0.1, -0.05) is 11.6 Å². The van der Waals surface area contributed by atoms with E-state index >= 15 is 0 Å². The molecule has 2 aromatic rings. The van der Waals surface area contributed by atoms with E-state index in [1.165, 1.54) is 6.07 Å². The zero-order valence-electron chi connectivity index (χ0n) is 11.2. The maximum absolute atomic E-state index is 13.8. The van der Waals surface area contributed by atoms with Crippen LogP contribution in [0, 0.1) is 12.7 Å². The minimum Gasteiger partial charge on any atom is -0.383 e. The van der Waals surface area contributed by atoms with E-state index in [0.717, 1.165) is 5.56 Å². The first-order valence-corrected chi connectivity index (χ1v) is 5.90. The van der Waals surface area contributed by atoms with Crippen molar-refractivity contribution in [3.8, 4) is 11.3 Å². The van der Waals surface area contributed by atoms with Crippen molar-refractivity contribution < 1.29 is 4.39 Å². The number of nitrogens with zero attached hydrogens (tertiary/aromatic N) is 2. The van der Waals surface area contributed by atoms with Crippen LogP contribution < -0.4 is 5.73 Å². The quantitative estimate of drug-likeness (QED) is 0.840. The van der Waals surface area contributed by atoms with Crippen LogP contribution in [0.5, 0.6) is 0 Å². The highest BCUT2D eigenvalue weighted by atomic mass is 19.1. The Morgan fingerprint density at radius 3 is 2.50 bits per heavy atom. The van der Waals surface area contributed by atoms with Gasteiger partial charge in [0.25, 0.3) is 0 Å². The number of anilines is 1. The third-order valence-electron chi connectivity index (χ3n) is 2.90. The molecule has 0 fully saturated rings. The zero-order chi connectivity index (χ0) is 13.5. The average molecular weight is 247 g/mol. The lowest BCUT2D eigenvalue weighted by atomic mass is 10.1. The molecule has 0 spiro atoms. The number of rotatable bonds is 1. The molecule has 0 atom stereocenters. The van der Waals surface area contributed by atoms with E-state index in [9.17, 15) is 4.39 Å². The SMILES string of the molecule is Cc1ccc(F)c(-c2ncn(C(C)(C)C)c2N)c1. The van der Waals surface area contributed by atoms with Crippen LogP contribution >= 0.6 is 0 Å². The summed E-state index contributed by atoms with van der Waals surface area (Å²) in [4.78, 5) is 4.25. The van der Waals surface area contributed by atoms with Crippen molar-refractivity contribution in [3.63, 3.8) is 0 Å². The summed E-state index contributed by atoms with van der Waals surface area (Å²) >= 11 is 0. The van der Waals surface area contributed by atoms with Crippen LogP contribution in [0.1, 0.15) is 26.3 Å². The number of aryl methyl sites for hydroxylation is 1. The molecule has 3 nitrogen and oxygen atoms in total. The Kier molecular flexibility index (Phi) is 2.89. The maximum atomic E-state index is 13.8. The van der Waals surface area contributed by atoms with Crippen LogP contribution in [0.4, 0.5) is 10.2 Å². The van der Waals surface area contributed by atoms with Crippen LogP contribution in [0.25, 0.3) is 11.3 Å². The first-order valence-electron chi connectivity index (χ1n) is 5.90. The molecule has 1 aromatic carbocycles. The Bertz CT molecular complexity index is 579. The van der Waals surface area contributed by atoms with Crippen LogP contribution in [0.2, 0.25) is 0 Å². The molecule has 0 unspecified atom stereocenters. The molecule has 18 heavy (non-hydrogen) atoms. The summed E-state index contributed by atoms with van der Waals surface area (Å²) < 4.78 is 15.7. The van der Waals surface area contributed by atoms with Crippen molar-refractivity contribution in [1.29, 1.82) is 0 Å². The second-order valence-electron chi connectivity index (χ2n) is 5.50. The molecule has 0 amide bonds. The first-order chi connectivity index (χ1) is 8.30. The number of halogens is 1. The van der Waals surface area contributed by atoms with E-state index in [1.807, 2.05) is 32.3 Å². The molecule has 0 saturated carbocycles. The predicted octanol–water partition coefficient (Wildman–Crippen LogP) is 3.33. The van der Waals surface area contributed by atoms with E-state index < -0.39 is 0 Å². The van der Waals surface area contributed by atoms with E-state index in [-0.39, 0.29) is 11.4 Å². The Morgan fingerprint density at radius 1 is 1.28 bits per heavy atom. The molecular weight excluding hydrogens is 229 g/mol. The smallest absolute Gasteiger partial charge is 0.132 e. The van der Waals surface area contributed by atoms with Crippen LogP contribution in [0.3, 0.4) is 0 Å². The normalized spacial score (nSPS) is 11.8. The van der Waals surface area contributed by atoms with Gasteiger partial charge in [-0.15, -0.1) is 0 Å². The van der Waals surface area contributed by atoms with E-state index in [0.29, 0.717) is 17.1 Å². The van der Waals surface area contributed by atoms with Gasteiger partial charge in [0.15, 0.2) is 0 Å². The second kappa shape index (κ2) is 4.12. The molecule has 2 rings (SSSR count). The number of imidazole rings is 1. The fourth-order valence-corrected chi connectivity index (χ4v) is 1.92. The minimum absolute atomic E-state index is 0.171. The lowest BCUT2D eigenvalue weighted by Crippen LogP contribution is -2.22. The topological polar surface area (TPSA) is 43.8 Å². The summed E-state index contributed by atoms with van der Waals surface area (Å²) in [6, 6.07) is 4.94. The van der Waals surface area contributed by atoms with Gasteiger partial charge >= 0.3 is 0 Å². The van der Waals surface area contributed by atoms with Gasteiger partial charge in [0, 0.05) is 11.1 Å². The van der Waals surface area contributed by atoms with Crippen LogP contribution in [-0.2, 0) is 5.54 Å². The van der Waals surface area contributed by atoms with Gasteiger partial charge < -0.3 is 10.3 Å². The Balaban J connectivity index is 2.59. The molecule has 4 heteroatoms. The lowest BCUT2D eigenvalue weighted by molar-refractivity contribution is 0.402. The lowest BCUT2D eigenvalue weighted by Gasteiger charge is -2.22. The first kappa shape index (κ1) is 12.6. The summed E-state index contributed by atoms with van der Waals surface area (Å²) in [6.45, 7) is 8.00. The third-order valence-corrected chi connectivity index (χ3v) is 2.90. The summed E-state index contributed by atoms with van der Waals surface area (Å²) in [5.41, 5.74) is 7.85. The number of nitrogens with two attached hydrogens (primary N) is 1. The largest absolute Gasteiger partial charge is 0.383 e. The van der Waals surface area contributed by atoms with E-state index in [1.54, 1.807) is 18.5 Å². The molecule has 0 aliphatic heterocycles. The standard InChI is InChI=1S/C14H18FN3/c1-9-5-6-11(15)10(7-9)12-13(16)18(8-17-12)14(2,3)4/h5-8H,16H2,1-4H3. The van der Waals surface area contributed by atoms with Gasteiger partial charge in [-0.05, 0) is 39.8 Å². The van der Waals surface area contributed by atoms with Crippen molar-refractivity contribution in [2.24, 2.45) is 0 Å². The Labute approximate surface area is 106 Å². The van der Waals surface area contributed by atoms with Gasteiger partial charge in [0.2, 0.25) is 0 Å². The maximum Gasteiger partial charge on any atom is 0.132 e. The van der Waals surface area contributed by atoms with Crippen molar-refractivity contribution in [2.45, 2.75) is 33.2 Å². The zero-order valence-corrected chi connectivity index (χ0v) is 11.2. The highest BCUT2D eigenvalue weighted by molar-refractivity contribution is 5.71. The Hall–Kier alpha value is -1.84. The van der Waals surface area contributed by atoms with Gasteiger partial charge in [0.1, 0.15) is 17.3 Å². The predicted molar refractivity (Wildman–Crippen MR) is 71.8 cm³/mol. The Morgan fingerprint density at radius 2 is 1.94 bits per heavy atom. The van der Waals surface area contributed by atoms with E-state index in [2.05, 4.69) is 4.98 Å². The molecule has 0 radical (unpaired) electrons. The third kappa shape index (κ3) is 2.10. The highest BCUT2D eigenvalue weighted by Gasteiger charge is 2.20. The fraction of sp³-hybridized carbons (Fsp3) is 0.357. The molecular formula is C14H18FN3. The van der Waals surface area contributed by atoms with Gasteiger partial charge in [-0.25, -0.2) is 9.37 Å². The monoisotopic (exact) mass is 247 g/mol. The van der Waals surface area contributed by atoms with Crippen LogP contribution in [0.15, 0.2) is 24.5 Å². The van der Waals surface area contributed by atoms with Gasteiger partial charge in [-0.2, -0.15) is 0 Å². The number of aromatic nitrogens is 2. The van der Waals surface area contributed by atoms with E-state index in [4.69, 9.17) is 5.73 Å². The van der Waals surface area contributed by atoms with Crippen molar-refractivity contribution in [3.05, 3.63) is 35.9 Å². The molecule has 96 valence electrons. The second-order valence-corrected chi connectivity index (χ2v) is 5.50. The summed E-state index contributed by atoms with van der Waals surface area (Å²) in [5, 5.41) is 0. The molecule has 0 aliphatic carbocycles. The molecule has 1 heterocycles. The van der Waals surface area contributed by atoms with Crippen molar-refractivity contribution in [1.82, 2.24) is 9.55 Å². The molecule has 0 aliphatic rings. The summed E-state index contributed by atoms with van der Waals surface area (Å²) in [5.74, 6) is 0.193. The number of benzene rings is 1. The minimum atomic E-state index is -0.300. The molecule has 1 aromatic heterocycles. The number of hydrogen-bond donors (Lipinski definition) is 1. The summed E-state index contributed by atoms with van der Waals surface area (Å²) in [7, 11) is 0. The van der Waals surface area contributed by atoms with Gasteiger partial charge in [0.05, 0.1) is 6.33 Å². The number of nitrogen functional groups attached to an aromatic ring is 1. The van der Waals surface area contributed by atoms with Crippen molar-refractivity contribution in [2.75, 3.05) is 5.73 Å². The summed E-state index contributed by atoms with van der Waals surface area (Å²) in [6.07, 6.45) is 1.66.